The number of hydrogen-bond donors (Lipinski definition) is 3. The molecule has 0 amide bonds. The van der Waals surface area contributed by atoms with Crippen molar-refractivity contribution in [1.29, 1.82) is 0 Å². The van der Waals surface area contributed by atoms with Crippen LogP contribution in [0.5, 0.6) is 5.88 Å². The molecule has 0 radical (unpaired) electrons. The van der Waals surface area contributed by atoms with Crippen molar-refractivity contribution in [2.45, 2.75) is 32.4 Å². The van der Waals surface area contributed by atoms with Gasteiger partial charge in [-0.2, -0.15) is 0 Å². The molecule has 0 spiro atoms. The second kappa shape index (κ2) is 8.16. The second-order valence-electron chi connectivity index (χ2n) is 8.23. The molecule has 2 aromatic carbocycles. The fourth-order valence-electron chi connectivity index (χ4n) is 4.87. The number of likely N-dealkylation sites (N-methyl/N-ethyl adjacent to an activating group) is 1. The van der Waals surface area contributed by atoms with E-state index in [9.17, 15) is 14.7 Å². The van der Waals surface area contributed by atoms with Gasteiger partial charge in [-0.15, -0.1) is 0 Å². The van der Waals surface area contributed by atoms with Gasteiger partial charge in [0.15, 0.2) is 0 Å². The highest BCUT2D eigenvalue weighted by Crippen LogP contribution is 2.39. The minimum absolute atomic E-state index is 0.215. The number of aromatic nitrogens is 3. The first-order valence-electron chi connectivity index (χ1n) is 11.0. The highest BCUT2D eigenvalue weighted by Gasteiger charge is 2.35. The van der Waals surface area contributed by atoms with Crippen LogP contribution in [0.1, 0.15) is 35.3 Å². The Balaban J connectivity index is 1.64. The Bertz CT molecular complexity index is 1380. The molecular formula is C25H26N4O3. The zero-order chi connectivity index (χ0) is 22.2. The normalized spacial score (nSPS) is 16.3. The number of para-hydroxylation sites is 1. The SMILES string of the molecule is CCN1CCc2c([nH]c3ccccc23)[C@H]1c1c(O)n(CCc2ccccc2)c(=O)[nH]c1=O. The van der Waals surface area contributed by atoms with Gasteiger partial charge in [0.05, 0.1) is 6.04 Å². The Kier molecular flexibility index (Phi) is 5.19. The van der Waals surface area contributed by atoms with Crippen molar-refractivity contribution in [1.82, 2.24) is 19.4 Å². The van der Waals surface area contributed by atoms with Gasteiger partial charge in [0.1, 0.15) is 5.56 Å². The van der Waals surface area contributed by atoms with Crippen LogP contribution in [-0.4, -0.2) is 37.6 Å². The average Bonchev–Trinajstić information content (AvgIpc) is 3.18. The number of benzene rings is 2. The van der Waals surface area contributed by atoms with Gasteiger partial charge in [0.25, 0.3) is 5.56 Å². The molecule has 5 rings (SSSR count). The first-order valence-corrected chi connectivity index (χ1v) is 11.0. The Labute approximate surface area is 185 Å². The lowest BCUT2D eigenvalue weighted by atomic mass is 9.93. The molecule has 7 nitrogen and oxygen atoms in total. The zero-order valence-corrected chi connectivity index (χ0v) is 18.0. The van der Waals surface area contributed by atoms with Crippen LogP contribution in [-0.2, 0) is 19.4 Å². The van der Waals surface area contributed by atoms with Crippen molar-refractivity contribution in [3.8, 4) is 5.88 Å². The standard InChI is InChI=1S/C25H26N4O3/c1-2-28-14-13-18-17-10-6-7-11-19(17)26-21(18)22(28)20-23(30)27-25(32)29(24(20)31)15-12-16-8-4-3-5-9-16/h3-11,22,26,31H,2,12-15H2,1H3,(H,27,30,32)/t22-/m1/s1. The van der Waals surface area contributed by atoms with E-state index in [0.29, 0.717) is 13.0 Å². The topological polar surface area (TPSA) is 94.1 Å². The summed E-state index contributed by atoms with van der Waals surface area (Å²) in [6, 6.07) is 17.4. The van der Waals surface area contributed by atoms with E-state index >= 15 is 0 Å². The highest BCUT2D eigenvalue weighted by molar-refractivity contribution is 5.85. The van der Waals surface area contributed by atoms with Gasteiger partial charge in [0, 0.05) is 29.7 Å². The van der Waals surface area contributed by atoms with Crippen LogP contribution in [0.25, 0.3) is 10.9 Å². The fourth-order valence-corrected chi connectivity index (χ4v) is 4.87. The van der Waals surface area contributed by atoms with Gasteiger partial charge in [-0.05, 0) is 36.6 Å². The Morgan fingerprint density at radius 3 is 2.56 bits per heavy atom. The third kappa shape index (κ3) is 3.35. The lowest BCUT2D eigenvalue weighted by Crippen LogP contribution is -2.41. The summed E-state index contributed by atoms with van der Waals surface area (Å²) in [4.78, 5) is 33.7. The number of H-pyrrole nitrogens is 2. The Hall–Kier alpha value is -3.58. The van der Waals surface area contributed by atoms with Crippen LogP contribution in [0.15, 0.2) is 64.2 Å². The van der Waals surface area contributed by atoms with E-state index in [2.05, 4.69) is 20.9 Å². The molecule has 1 atom stereocenters. The summed E-state index contributed by atoms with van der Waals surface area (Å²) in [5, 5.41) is 12.3. The summed E-state index contributed by atoms with van der Waals surface area (Å²) in [5.41, 5.74) is 3.21. The van der Waals surface area contributed by atoms with Crippen LogP contribution >= 0.6 is 0 Å². The zero-order valence-electron chi connectivity index (χ0n) is 18.0. The van der Waals surface area contributed by atoms with E-state index in [1.165, 1.54) is 4.57 Å². The van der Waals surface area contributed by atoms with Gasteiger partial charge in [-0.25, -0.2) is 4.79 Å². The largest absolute Gasteiger partial charge is 0.494 e. The summed E-state index contributed by atoms with van der Waals surface area (Å²) in [5.74, 6) is -0.260. The maximum absolute atomic E-state index is 13.0. The van der Waals surface area contributed by atoms with Gasteiger partial charge in [-0.3, -0.25) is 19.2 Å². The van der Waals surface area contributed by atoms with E-state index in [1.807, 2.05) is 55.5 Å². The van der Waals surface area contributed by atoms with Crippen LogP contribution in [0, 0.1) is 0 Å². The van der Waals surface area contributed by atoms with Crippen molar-refractivity contribution >= 4 is 10.9 Å². The number of fused-ring (bicyclic) bond motifs is 3. The van der Waals surface area contributed by atoms with Crippen molar-refractivity contribution in [3.63, 3.8) is 0 Å². The lowest BCUT2D eigenvalue weighted by Gasteiger charge is -2.35. The Morgan fingerprint density at radius 2 is 1.78 bits per heavy atom. The van der Waals surface area contributed by atoms with Gasteiger partial charge >= 0.3 is 5.69 Å². The van der Waals surface area contributed by atoms with E-state index in [4.69, 9.17) is 0 Å². The fraction of sp³-hybridized carbons (Fsp3) is 0.280. The molecule has 3 N–H and O–H groups in total. The molecule has 2 aromatic heterocycles. The van der Waals surface area contributed by atoms with E-state index in [1.54, 1.807) is 0 Å². The van der Waals surface area contributed by atoms with Crippen LogP contribution < -0.4 is 11.2 Å². The number of nitrogens with one attached hydrogen (secondary N) is 2. The number of hydrogen-bond acceptors (Lipinski definition) is 4. The monoisotopic (exact) mass is 430 g/mol. The van der Waals surface area contributed by atoms with Crippen molar-refractivity contribution in [3.05, 3.63) is 97.8 Å². The molecule has 3 heterocycles. The molecule has 0 saturated carbocycles. The number of aromatic hydroxyl groups is 1. The molecule has 1 aliphatic rings. The second-order valence-corrected chi connectivity index (χ2v) is 8.23. The lowest BCUT2D eigenvalue weighted by molar-refractivity contribution is 0.214. The van der Waals surface area contributed by atoms with Crippen LogP contribution in [0.3, 0.4) is 0 Å². The molecular weight excluding hydrogens is 404 g/mol. The average molecular weight is 431 g/mol. The maximum atomic E-state index is 13.0. The van der Waals surface area contributed by atoms with Gasteiger partial charge < -0.3 is 10.1 Å². The first kappa shape index (κ1) is 20.3. The molecule has 164 valence electrons. The molecule has 0 aliphatic carbocycles. The summed E-state index contributed by atoms with van der Waals surface area (Å²) < 4.78 is 1.27. The van der Waals surface area contributed by atoms with Crippen molar-refractivity contribution in [2.75, 3.05) is 13.1 Å². The summed E-state index contributed by atoms with van der Waals surface area (Å²) in [6.07, 6.45) is 1.43. The van der Waals surface area contributed by atoms with Gasteiger partial charge in [-0.1, -0.05) is 55.5 Å². The minimum atomic E-state index is -0.595. The quantitative estimate of drug-likeness (QED) is 0.454. The smallest absolute Gasteiger partial charge is 0.331 e. The van der Waals surface area contributed by atoms with Crippen LogP contribution in [0.2, 0.25) is 0 Å². The predicted octanol–water partition coefficient (Wildman–Crippen LogP) is 2.93. The van der Waals surface area contributed by atoms with Crippen molar-refractivity contribution in [2.24, 2.45) is 0 Å². The van der Waals surface area contributed by atoms with E-state index in [-0.39, 0.29) is 18.0 Å². The third-order valence-corrected chi connectivity index (χ3v) is 6.49. The highest BCUT2D eigenvalue weighted by atomic mass is 16.3. The predicted molar refractivity (Wildman–Crippen MR) is 124 cm³/mol. The number of aromatic amines is 2. The molecule has 7 heteroatoms. The molecule has 4 aromatic rings. The van der Waals surface area contributed by atoms with Gasteiger partial charge in [0.2, 0.25) is 5.88 Å². The number of nitrogens with zero attached hydrogens (tertiary/aromatic N) is 2. The molecule has 0 fully saturated rings. The summed E-state index contributed by atoms with van der Waals surface area (Å²) in [7, 11) is 0. The molecule has 0 saturated heterocycles. The molecule has 32 heavy (non-hydrogen) atoms. The van der Waals surface area contributed by atoms with Crippen molar-refractivity contribution < 1.29 is 5.11 Å². The molecule has 0 unspecified atom stereocenters. The molecule has 0 bridgehead atoms. The third-order valence-electron chi connectivity index (χ3n) is 6.49. The van der Waals surface area contributed by atoms with E-state index in [0.717, 1.165) is 40.7 Å². The maximum Gasteiger partial charge on any atom is 0.331 e. The number of rotatable bonds is 5. The summed E-state index contributed by atoms with van der Waals surface area (Å²) >= 11 is 0. The summed E-state index contributed by atoms with van der Waals surface area (Å²) in [6.45, 7) is 3.79. The van der Waals surface area contributed by atoms with E-state index < -0.39 is 17.3 Å². The Morgan fingerprint density at radius 1 is 1.03 bits per heavy atom. The van der Waals surface area contributed by atoms with Crippen LogP contribution in [0.4, 0.5) is 0 Å². The minimum Gasteiger partial charge on any atom is -0.494 e. The molecule has 1 aliphatic heterocycles. The number of aryl methyl sites for hydroxylation is 1. The first-order chi connectivity index (χ1) is 15.6.